The first-order chi connectivity index (χ1) is 12.4. The van der Waals surface area contributed by atoms with Crippen LogP contribution in [0, 0.1) is 0 Å². The van der Waals surface area contributed by atoms with Crippen molar-refractivity contribution in [1.29, 1.82) is 0 Å². The number of rotatable bonds is 7. The molecule has 0 spiro atoms. The topological polar surface area (TPSA) is 35.9 Å². The Morgan fingerprint density at radius 2 is 1.59 bits per heavy atom. The van der Waals surface area contributed by atoms with Crippen molar-refractivity contribution in [3.63, 3.8) is 0 Å². The number of methoxy groups -OCH3 is 1. The molecule has 0 radical (unpaired) electrons. The smallest absolute Gasteiger partial charge is 0.295 e. The molecule has 27 heavy (non-hydrogen) atoms. The zero-order valence-electron chi connectivity index (χ0n) is 18.3. The molecule has 1 aromatic carbocycles. The summed E-state index contributed by atoms with van der Waals surface area (Å²) in [5, 5.41) is 1.22. The minimum absolute atomic E-state index is 0.309. The predicted molar refractivity (Wildman–Crippen MR) is 115 cm³/mol. The molecule has 0 saturated carbocycles. The lowest BCUT2D eigenvalue weighted by atomic mass is 10.1. The zero-order chi connectivity index (χ0) is 20.4. The summed E-state index contributed by atoms with van der Waals surface area (Å²) >= 11 is 0. The molecule has 0 aliphatic rings. The standard InChI is InChI=1S/C21H35N2O3P/c1-20(2,3)25-27(26-21(4,5)6)23-15-16(12-13-22(7)8)18-11-10-17(24-9)14-19(18)23/h10-11,14-15H,12-13H2,1-9H3. The van der Waals surface area contributed by atoms with E-state index in [1.807, 2.05) is 6.07 Å². The van der Waals surface area contributed by atoms with Gasteiger partial charge in [0.1, 0.15) is 5.75 Å². The highest BCUT2D eigenvalue weighted by Gasteiger charge is 2.29. The second-order valence-corrected chi connectivity index (χ2v) is 10.4. The predicted octanol–water partition coefficient (Wildman–Crippen LogP) is 5.46. The molecule has 0 amide bonds. The van der Waals surface area contributed by atoms with Gasteiger partial charge < -0.3 is 18.7 Å². The number of fused-ring (bicyclic) bond motifs is 1. The quantitative estimate of drug-likeness (QED) is 0.584. The molecule has 152 valence electrons. The van der Waals surface area contributed by atoms with E-state index < -0.39 is 8.53 Å². The van der Waals surface area contributed by atoms with Gasteiger partial charge in [-0.2, -0.15) is 0 Å². The number of hydrogen-bond acceptors (Lipinski definition) is 4. The van der Waals surface area contributed by atoms with Crippen molar-refractivity contribution in [2.45, 2.75) is 59.2 Å². The molecule has 0 saturated heterocycles. The lowest BCUT2D eigenvalue weighted by Gasteiger charge is -2.32. The van der Waals surface area contributed by atoms with Crippen LogP contribution in [0.3, 0.4) is 0 Å². The molecule has 5 nitrogen and oxygen atoms in total. The van der Waals surface area contributed by atoms with Gasteiger partial charge in [-0.1, -0.05) is 0 Å². The Kier molecular flexibility index (Phi) is 6.96. The largest absolute Gasteiger partial charge is 0.497 e. The van der Waals surface area contributed by atoms with E-state index in [9.17, 15) is 0 Å². The molecule has 0 aliphatic heterocycles. The first kappa shape index (κ1) is 22.2. The van der Waals surface area contributed by atoms with Crippen LogP contribution >= 0.6 is 8.53 Å². The molecule has 1 aromatic heterocycles. The number of benzene rings is 1. The molecule has 0 aliphatic carbocycles. The van der Waals surface area contributed by atoms with Crippen molar-refractivity contribution in [3.05, 3.63) is 30.0 Å². The molecule has 0 unspecified atom stereocenters. The second kappa shape index (κ2) is 8.48. The minimum atomic E-state index is -1.31. The number of nitrogens with zero attached hydrogens (tertiary/aromatic N) is 2. The van der Waals surface area contributed by atoms with Crippen LogP contribution in [0.2, 0.25) is 0 Å². The maximum atomic E-state index is 6.37. The van der Waals surface area contributed by atoms with Gasteiger partial charge in [0.05, 0.1) is 23.8 Å². The molecule has 2 aromatic rings. The molecule has 1 heterocycles. The van der Waals surface area contributed by atoms with E-state index in [4.69, 9.17) is 13.8 Å². The summed E-state index contributed by atoms with van der Waals surface area (Å²) < 4.78 is 20.4. The van der Waals surface area contributed by atoms with Gasteiger partial charge in [0.15, 0.2) is 0 Å². The van der Waals surface area contributed by atoms with Crippen LogP contribution in [0.25, 0.3) is 10.9 Å². The van der Waals surface area contributed by atoms with Crippen molar-refractivity contribution < 1.29 is 13.8 Å². The Balaban J connectivity index is 2.56. The van der Waals surface area contributed by atoms with Crippen LogP contribution in [0.5, 0.6) is 5.75 Å². The van der Waals surface area contributed by atoms with Crippen molar-refractivity contribution in [1.82, 2.24) is 9.24 Å². The molecule has 0 N–H and O–H groups in total. The molecule has 2 rings (SSSR count). The van der Waals surface area contributed by atoms with Gasteiger partial charge in [0.25, 0.3) is 8.53 Å². The summed E-state index contributed by atoms with van der Waals surface area (Å²) in [7, 11) is 4.58. The van der Waals surface area contributed by atoms with E-state index in [0.29, 0.717) is 0 Å². The van der Waals surface area contributed by atoms with E-state index in [1.165, 1.54) is 10.9 Å². The van der Waals surface area contributed by atoms with Crippen LogP contribution in [0.4, 0.5) is 0 Å². The van der Waals surface area contributed by atoms with Crippen LogP contribution < -0.4 is 4.74 Å². The first-order valence-corrected chi connectivity index (χ1v) is 10.5. The Morgan fingerprint density at radius 3 is 2.07 bits per heavy atom. The summed E-state index contributed by atoms with van der Waals surface area (Å²) in [5.41, 5.74) is 1.76. The van der Waals surface area contributed by atoms with Crippen molar-refractivity contribution in [3.8, 4) is 5.75 Å². The van der Waals surface area contributed by atoms with Gasteiger partial charge >= 0.3 is 0 Å². The minimum Gasteiger partial charge on any atom is -0.497 e. The fraction of sp³-hybridized carbons (Fsp3) is 0.619. The summed E-state index contributed by atoms with van der Waals surface area (Å²) in [5.74, 6) is 0.836. The third-order valence-corrected chi connectivity index (χ3v) is 5.87. The first-order valence-electron chi connectivity index (χ1n) is 9.41. The fourth-order valence-electron chi connectivity index (χ4n) is 2.64. The lowest BCUT2D eigenvalue weighted by Crippen LogP contribution is -2.23. The molecular weight excluding hydrogens is 359 g/mol. The Labute approximate surface area is 165 Å². The van der Waals surface area contributed by atoms with Gasteiger partial charge in [0, 0.05) is 24.2 Å². The summed E-state index contributed by atoms with van der Waals surface area (Å²) in [4.78, 5) is 2.20. The van der Waals surface area contributed by atoms with Gasteiger partial charge in [-0.15, -0.1) is 0 Å². The van der Waals surface area contributed by atoms with Crippen molar-refractivity contribution in [2.24, 2.45) is 0 Å². The lowest BCUT2D eigenvalue weighted by molar-refractivity contribution is 0.0699. The van der Waals surface area contributed by atoms with Gasteiger partial charge in [-0.25, -0.2) is 0 Å². The fourth-order valence-corrected chi connectivity index (χ4v) is 4.37. The summed E-state index contributed by atoms with van der Waals surface area (Å²) in [6.45, 7) is 13.4. The SMILES string of the molecule is COc1ccc2c(CCN(C)C)cn(P(OC(C)(C)C)OC(C)(C)C)c2c1. The van der Waals surface area contributed by atoms with E-state index in [-0.39, 0.29) is 11.2 Å². The summed E-state index contributed by atoms with van der Waals surface area (Å²) in [6.07, 6.45) is 3.16. The Bertz CT molecular complexity index is 741. The zero-order valence-corrected chi connectivity index (χ0v) is 19.2. The highest BCUT2D eigenvalue weighted by Crippen LogP contribution is 2.50. The third-order valence-electron chi connectivity index (χ3n) is 3.78. The normalized spacial score (nSPS) is 13.1. The Morgan fingerprint density at radius 1 is 1.00 bits per heavy atom. The van der Waals surface area contributed by atoms with E-state index in [1.54, 1.807) is 7.11 Å². The maximum Gasteiger partial charge on any atom is 0.295 e. The van der Waals surface area contributed by atoms with Crippen LogP contribution in [0.1, 0.15) is 47.1 Å². The molecule has 0 bridgehead atoms. The highest BCUT2D eigenvalue weighted by molar-refractivity contribution is 7.45. The van der Waals surface area contributed by atoms with Gasteiger partial charge in [-0.05, 0) is 79.8 Å². The van der Waals surface area contributed by atoms with Crippen molar-refractivity contribution in [2.75, 3.05) is 27.7 Å². The molecule has 6 heteroatoms. The molecule has 0 atom stereocenters. The van der Waals surface area contributed by atoms with Crippen LogP contribution in [-0.2, 0) is 15.5 Å². The average Bonchev–Trinajstić information content (AvgIpc) is 2.87. The van der Waals surface area contributed by atoms with Crippen LogP contribution in [0.15, 0.2) is 24.4 Å². The monoisotopic (exact) mass is 394 g/mol. The number of ether oxygens (including phenoxy) is 1. The average molecular weight is 394 g/mol. The maximum absolute atomic E-state index is 6.37. The molecule has 0 fully saturated rings. The van der Waals surface area contributed by atoms with Gasteiger partial charge in [-0.3, -0.25) is 4.34 Å². The van der Waals surface area contributed by atoms with Crippen LogP contribution in [-0.4, -0.2) is 48.2 Å². The van der Waals surface area contributed by atoms with E-state index in [2.05, 4.69) is 83.2 Å². The number of likely N-dealkylation sites (N-methyl/N-ethyl adjacent to an activating group) is 1. The number of hydrogen-bond donors (Lipinski definition) is 0. The summed E-state index contributed by atoms with van der Waals surface area (Å²) in [6, 6.07) is 6.22. The molecular formula is C21H35N2O3P. The van der Waals surface area contributed by atoms with E-state index >= 15 is 0 Å². The Hall–Kier alpha value is -1.13. The van der Waals surface area contributed by atoms with Crippen molar-refractivity contribution >= 4 is 19.4 Å². The van der Waals surface area contributed by atoms with E-state index in [0.717, 1.165) is 24.2 Å². The third kappa shape index (κ3) is 6.46. The number of aromatic nitrogens is 1. The highest BCUT2D eigenvalue weighted by atomic mass is 31.2. The van der Waals surface area contributed by atoms with Gasteiger partial charge in [0.2, 0.25) is 0 Å². The second-order valence-electron chi connectivity index (χ2n) is 9.08.